The summed E-state index contributed by atoms with van der Waals surface area (Å²) in [6.07, 6.45) is 2.85. The molecule has 8 heteroatoms. The van der Waals surface area contributed by atoms with Gasteiger partial charge in [-0.15, -0.1) is 0 Å². The van der Waals surface area contributed by atoms with Gasteiger partial charge in [0.15, 0.2) is 0 Å². The Morgan fingerprint density at radius 1 is 1.42 bits per heavy atom. The van der Waals surface area contributed by atoms with E-state index in [4.69, 9.17) is 5.73 Å². The molecule has 2 atom stereocenters. The number of rotatable bonds is 6. The fourth-order valence-electron chi connectivity index (χ4n) is 2.77. The Bertz CT molecular complexity index is 925. The smallest absolute Gasteiger partial charge is 0.308 e. The molecule has 3 N–H and O–H groups in total. The Balaban J connectivity index is 1.84. The summed E-state index contributed by atoms with van der Waals surface area (Å²) in [4.78, 5) is 27.3. The van der Waals surface area contributed by atoms with E-state index in [0.717, 1.165) is 10.2 Å². The molecular formula is C16H18N4O3S. The van der Waals surface area contributed by atoms with Gasteiger partial charge in [0.05, 0.1) is 28.7 Å². The number of aromatic nitrogens is 3. The molecule has 1 aromatic carbocycles. The second-order valence-corrected chi connectivity index (χ2v) is 6.65. The molecule has 3 rings (SSSR count). The van der Waals surface area contributed by atoms with E-state index in [2.05, 4.69) is 4.98 Å². The van der Waals surface area contributed by atoms with Crippen LogP contribution in [0, 0.1) is 0 Å². The predicted octanol–water partition coefficient (Wildman–Crippen LogP) is 1.37. The molecule has 0 spiro atoms. The summed E-state index contributed by atoms with van der Waals surface area (Å²) in [7, 11) is 0. The first-order chi connectivity index (χ1) is 11.5. The maximum absolute atomic E-state index is 12.2. The molecular weight excluding hydrogens is 328 g/mol. The fraction of sp³-hybridized carbons (Fsp3) is 0.312. The summed E-state index contributed by atoms with van der Waals surface area (Å²) >= 11 is 1.21. The molecule has 0 aliphatic heterocycles. The predicted molar refractivity (Wildman–Crippen MR) is 92.2 cm³/mol. The second kappa shape index (κ2) is 6.58. The van der Waals surface area contributed by atoms with Gasteiger partial charge in [-0.3, -0.25) is 14.2 Å². The van der Waals surface area contributed by atoms with Crippen LogP contribution in [0.5, 0.6) is 0 Å². The quantitative estimate of drug-likeness (QED) is 0.703. The molecule has 2 unspecified atom stereocenters. The highest BCUT2D eigenvalue weighted by molar-refractivity contribution is 7.16. The van der Waals surface area contributed by atoms with E-state index in [0.29, 0.717) is 13.0 Å². The van der Waals surface area contributed by atoms with E-state index in [1.807, 2.05) is 24.3 Å². The van der Waals surface area contributed by atoms with Gasteiger partial charge in [0.2, 0.25) is 0 Å². The molecule has 0 bridgehead atoms. The number of imidazole rings is 1. The van der Waals surface area contributed by atoms with Crippen molar-refractivity contribution in [3.05, 3.63) is 52.2 Å². The van der Waals surface area contributed by atoms with Crippen LogP contribution in [0.4, 0.5) is 0 Å². The van der Waals surface area contributed by atoms with Crippen molar-refractivity contribution in [2.24, 2.45) is 5.73 Å². The van der Waals surface area contributed by atoms with E-state index in [1.165, 1.54) is 23.9 Å². The lowest BCUT2D eigenvalue weighted by atomic mass is 10.1. The van der Waals surface area contributed by atoms with E-state index in [1.54, 1.807) is 16.1 Å². The monoisotopic (exact) mass is 346 g/mol. The normalized spacial score (nSPS) is 13.9. The van der Waals surface area contributed by atoms with Crippen LogP contribution in [0.3, 0.4) is 0 Å². The van der Waals surface area contributed by atoms with Crippen LogP contribution < -0.4 is 10.6 Å². The van der Waals surface area contributed by atoms with Crippen LogP contribution in [0.1, 0.15) is 29.9 Å². The first-order valence-electron chi connectivity index (χ1n) is 7.57. The molecule has 7 nitrogen and oxygen atoms in total. The fourth-order valence-corrected chi connectivity index (χ4v) is 3.69. The van der Waals surface area contributed by atoms with Crippen LogP contribution in [-0.4, -0.2) is 31.2 Å². The first-order valence-corrected chi connectivity index (χ1v) is 8.38. The third-order valence-corrected chi connectivity index (χ3v) is 4.98. The largest absolute Gasteiger partial charge is 0.391 e. The van der Waals surface area contributed by atoms with Crippen molar-refractivity contribution in [1.82, 2.24) is 14.1 Å². The molecule has 3 aromatic rings. The van der Waals surface area contributed by atoms with Gasteiger partial charge < -0.3 is 15.4 Å². The Labute approximate surface area is 142 Å². The minimum Gasteiger partial charge on any atom is -0.391 e. The molecule has 0 saturated carbocycles. The molecule has 0 fully saturated rings. The van der Waals surface area contributed by atoms with E-state index in [-0.39, 0.29) is 16.6 Å². The van der Waals surface area contributed by atoms with Crippen LogP contribution in [-0.2, 0) is 6.54 Å². The number of primary amides is 1. The van der Waals surface area contributed by atoms with Crippen molar-refractivity contribution >= 4 is 27.5 Å². The average molecular weight is 346 g/mol. The SMILES string of the molecule is CC(O)C(CCn1c(=O)sc2ccccc21)n1cnc(C(N)=O)c1. The number of nitrogens with two attached hydrogens (primary N) is 1. The number of aliphatic hydroxyl groups excluding tert-OH is 1. The summed E-state index contributed by atoms with van der Waals surface area (Å²) in [5, 5.41) is 10.1. The number of benzene rings is 1. The lowest BCUT2D eigenvalue weighted by Crippen LogP contribution is -2.24. The van der Waals surface area contributed by atoms with Crippen molar-refractivity contribution in [1.29, 1.82) is 0 Å². The molecule has 126 valence electrons. The van der Waals surface area contributed by atoms with Crippen molar-refractivity contribution in [3.63, 3.8) is 0 Å². The van der Waals surface area contributed by atoms with Gasteiger partial charge >= 0.3 is 4.87 Å². The summed E-state index contributed by atoms with van der Waals surface area (Å²) < 4.78 is 4.32. The number of hydrogen-bond donors (Lipinski definition) is 2. The number of aliphatic hydroxyl groups is 1. The van der Waals surface area contributed by atoms with Crippen LogP contribution in [0.2, 0.25) is 0 Å². The first kappa shape index (κ1) is 16.4. The van der Waals surface area contributed by atoms with Crippen molar-refractivity contribution in [2.45, 2.75) is 32.0 Å². The minimum atomic E-state index is -0.666. The average Bonchev–Trinajstić information content (AvgIpc) is 3.12. The summed E-state index contributed by atoms with van der Waals surface area (Å²) in [5.74, 6) is -0.613. The number of carbonyl (C=O) groups is 1. The van der Waals surface area contributed by atoms with Crippen LogP contribution in [0.15, 0.2) is 41.6 Å². The zero-order valence-corrected chi connectivity index (χ0v) is 13.9. The van der Waals surface area contributed by atoms with Crippen LogP contribution in [0.25, 0.3) is 10.2 Å². The zero-order valence-electron chi connectivity index (χ0n) is 13.1. The maximum Gasteiger partial charge on any atom is 0.308 e. The molecule has 0 aliphatic rings. The van der Waals surface area contributed by atoms with Gasteiger partial charge in [-0.2, -0.15) is 0 Å². The lowest BCUT2D eigenvalue weighted by Gasteiger charge is -2.21. The standard InChI is InChI=1S/C16H18N4O3S/c1-10(21)12(19-8-11(15(17)22)18-9-19)6-7-20-13-4-2-3-5-14(13)24-16(20)23/h2-5,8-10,12,21H,6-7H2,1H3,(H2,17,22). The highest BCUT2D eigenvalue weighted by atomic mass is 32.1. The Kier molecular flexibility index (Phi) is 4.50. The topological polar surface area (TPSA) is 103 Å². The third kappa shape index (κ3) is 3.10. The number of aryl methyl sites for hydroxylation is 1. The summed E-state index contributed by atoms with van der Waals surface area (Å²) in [6, 6.07) is 7.31. The Morgan fingerprint density at radius 3 is 2.83 bits per heavy atom. The molecule has 24 heavy (non-hydrogen) atoms. The molecule has 2 heterocycles. The number of thiazole rings is 1. The highest BCUT2D eigenvalue weighted by Crippen LogP contribution is 2.21. The van der Waals surface area contributed by atoms with Crippen molar-refractivity contribution < 1.29 is 9.90 Å². The number of nitrogens with zero attached hydrogens (tertiary/aromatic N) is 3. The molecule has 0 aliphatic carbocycles. The molecule has 1 amide bonds. The van der Waals surface area contributed by atoms with Crippen molar-refractivity contribution in [3.8, 4) is 0 Å². The van der Waals surface area contributed by atoms with Gasteiger partial charge in [-0.1, -0.05) is 23.5 Å². The van der Waals surface area contributed by atoms with E-state index < -0.39 is 12.0 Å². The summed E-state index contributed by atoms with van der Waals surface area (Å²) in [5.41, 5.74) is 6.26. The van der Waals surface area contributed by atoms with Crippen molar-refractivity contribution in [2.75, 3.05) is 0 Å². The maximum atomic E-state index is 12.2. The second-order valence-electron chi connectivity index (χ2n) is 5.65. The minimum absolute atomic E-state index is 0.0241. The number of fused-ring (bicyclic) bond motifs is 1. The Morgan fingerprint density at radius 2 is 2.17 bits per heavy atom. The number of hydrogen-bond acceptors (Lipinski definition) is 5. The zero-order chi connectivity index (χ0) is 17.3. The van der Waals surface area contributed by atoms with Gasteiger partial charge in [0.1, 0.15) is 5.69 Å². The third-order valence-electron chi connectivity index (χ3n) is 4.02. The Hall–Kier alpha value is -2.45. The lowest BCUT2D eigenvalue weighted by molar-refractivity contribution is 0.0994. The molecule has 0 radical (unpaired) electrons. The van der Waals surface area contributed by atoms with Gasteiger partial charge in [-0.05, 0) is 25.5 Å². The van der Waals surface area contributed by atoms with E-state index >= 15 is 0 Å². The molecule has 2 aromatic heterocycles. The summed E-state index contributed by atoms with van der Waals surface area (Å²) in [6.45, 7) is 2.13. The van der Waals surface area contributed by atoms with Gasteiger partial charge in [-0.25, -0.2) is 4.98 Å². The van der Waals surface area contributed by atoms with Crippen LogP contribution >= 0.6 is 11.3 Å². The number of amides is 1. The highest BCUT2D eigenvalue weighted by Gasteiger charge is 2.19. The van der Waals surface area contributed by atoms with E-state index in [9.17, 15) is 14.7 Å². The molecule has 0 saturated heterocycles. The number of carbonyl (C=O) groups excluding carboxylic acids is 1. The van der Waals surface area contributed by atoms with Gasteiger partial charge in [0.25, 0.3) is 5.91 Å². The van der Waals surface area contributed by atoms with Gasteiger partial charge in [0, 0.05) is 12.7 Å². The number of para-hydroxylation sites is 1.